The van der Waals surface area contributed by atoms with Crippen LogP contribution in [0.4, 0.5) is 5.69 Å². The Morgan fingerprint density at radius 2 is 1.94 bits per heavy atom. The maximum atomic E-state index is 5.88. The molecule has 0 aromatic heterocycles. The fourth-order valence-electron chi connectivity index (χ4n) is 2.25. The Morgan fingerprint density at radius 1 is 1.25 bits per heavy atom. The number of hydrogen-bond acceptors (Lipinski definition) is 2. The monoisotopic (exact) mass is 220 g/mol. The Balaban J connectivity index is 2.92. The van der Waals surface area contributed by atoms with Crippen LogP contribution in [0.25, 0.3) is 0 Å². The quantitative estimate of drug-likeness (QED) is 0.798. The molecule has 0 fully saturated rings. The molecule has 1 aromatic rings. The zero-order chi connectivity index (χ0) is 12.0. The number of benzene rings is 1. The highest BCUT2D eigenvalue weighted by Gasteiger charge is 2.16. The predicted octanol–water partition coefficient (Wildman–Crippen LogP) is 2.95. The summed E-state index contributed by atoms with van der Waals surface area (Å²) in [5, 5.41) is 0. The van der Waals surface area contributed by atoms with Crippen molar-refractivity contribution >= 4 is 5.69 Å². The number of likely N-dealkylation sites (N-methyl/N-ethyl adjacent to an activating group) is 1. The number of para-hydroxylation sites is 1. The van der Waals surface area contributed by atoms with Crippen LogP contribution in [0.5, 0.6) is 0 Å². The second-order valence-corrected chi connectivity index (χ2v) is 4.25. The van der Waals surface area contributed by atoms with Gasteiger partial charge in [0.05, 0.1) is 0 Å². The van der Waals surface area contributed by atoms with E-state index in [0.29, 0.717) is 6.04 Å². The highest BCUT2D eigenvalue weighted by molar-refractivity contribution is 5.53. The first kappa shape index (κ1) is 13.0. The van der Waals surface area contributed by atoms with Gasteiger partial charge >= 0.3 is 0 Å². The lowest BCUT2D eigenvalue weighted by Gasteiger charge is -2.33. The molecule has 0 saturated carbocycles. The summed E-state index contributed by atoms with van der Waals surface area (Å²) in [7, 11) is 0. The van der Waals surface area contributed by atoms with Crippen LogP contribution in [0.2, 0.25) is 0 Å². The van der Waals surface area contributed by atoms with Crippen LogP contribution < -0.4 is 10.6 Å². The molecular weight excluding hydrogens is 196 g/mol. The van der Waals surface area contributed by atoms with Gasteiger partial charge in [-0.3, -0.25) is 0 Å². The Labute approximate surface area is 99.5 Å². The average molecular weight is 220 g/mol. The van der Waals surface area contributed by atoms with Gasteiger partial charge in [-0.05, 0) is 31.9 Å². The fraction of sp³-hybridized carbons (Fsp3) is 0.571. The summed E-state index contributed by atoms with van der Waals surface area (Å²) < 4.78 is 0. The van der Waals surface area contributed by atoms with Crippen molar-refractivity contribution in [3.8, 4) is 0 Å². The van der Waals surface area contributed by atoms with Gasteiger partial charge in [0.1, 0.15) is 0 Å². The van der Waals surface area contributed by atoms with Gasteiger partial charge in [-0.25, -0.2) is 0 Å². The molecule has 0 aliphatic carbocycles. The number of nitrogens with zero attached hydrogens (tertiary/aromatic N) is 1. The summed E-state index contributed by atoms with van der Waals surface area (Å²) in [5.41, 5.74) is 8.54. The number of rotatable bonds is 6. The maximum Gasteiger partial charge on any atom is 0.0412 e. The van der Waals surface area contributed by atoms with Crippen LogP contribution in [-0.2, 0) is 0 Å². The van der Waals surface area contributed by atoms with Gasteiger partial charge in [0.25, 0.3) is 0 Å². The van der Waals surface area contributed by atoms with E-state index in [0.717, 1.165) is 13.1 Å². The van der Waals surface area contributed by atoms with Crippen LogP contribution in [0.1, 0.15) is 32.3 Å². The molecule has 0 spiro atoms. The van der Waals surface area contributed by atoms with Crippen LogP contribution in [0.3, 0.4) is 0 Å². The van der Waals surface area contributed by atoms with Gasteiger partial charge in [0.2, 0.25) is 0 Å². The molecular formula is C14H24N2. The van der Waals surface area contributed by atoms with Gasteiger partial charge in [0, 0.05) is 24.8 Å². The minimum absolute atomic E-state index is 0.469. The molecule has 90 valence electrons. The van der Waals surface area contributed by atoms with Crippen LogP contribution in [0.15, 0.2) is 24.3 Å². The summed E-state index contributed by atoms with van der Waals surface area (Å²) in [6.07, 6.45) is 2.35. The van der Waals surface area contributed by atoms with Gasteiger partial charge in [-0.15, -0.1) is 0 Å². The van der Waals surface area contributed by atoms with Crippen LogP contribution >= 0.6 is 0 Å². The number of nitrogens with two attached hydrogens (primary N) is 1. The molecule has 0 saturated heterocycles. The topological polar surface area (TPSA) is 29.3 Å². The molecule has 0 amide bonds. The third-order valence-electron chi connectivity index (χ3n) is 3.10. The normalized spacial score (nSPS) is 12.5. The Bertz CT molecular complexity index is 309. The van der Waals surface area contributed by atoms with Crippen molar-refractivity contribution in [3.63, 3.8) is 0 Å². The van der Waals surface area contributed by atoms with E-state index in [-0.39, 0.29) is 0 Å². The minimum Gasteiger partial charge on any atom is -0.367 e. The molecule has 1 rings (SSSR count). The van der Waals surface area contributed by atoms with E-state index in [1.807, 2.05) is 0 Å². The van der Waals surface area contributed by atoms with E-state index >= 15 is 0 Å². The number of aryl methyl sites for hydroxylation is 1. The lowest BCUT2D eigenvalue weighted by atomic mass is 10.1. The maximum absolute atomic E-state index is 5.88. The first-order chi connectivity index (χ1) is 7.74. The Kier molecular flexibility index (Phi) is 5.33. The highest BCUT2D eigenvalue weighted by atomic mass is 15.2. The average Bonchev–Trinajstić information content (AvgIpc) is 2.31. The second kappa shape index (κ2) is 6.54. The zero-order valence-corrected chi connectivity index (χ0v) is 10.7. The zero-order valence-electron chi connectivity index (χ0n) is 10.7. The summed E-state index contributed by atoms with van der Waals surface area (Å²) >= 11 is 0. The van der Waals surface area contributed by atoms with E-state index in [1.165, 1.54) is 24.1 Å². The van der Waals surface area contributed by atoms with Crippen molar-refractivity contribution < 1.29 is 0 Å². The standard InChI is InChI=1S/C14H24N2/c1-4-8-13(11-15)16(5-2)14-10-7-6-9-12(14)3/h6-7,9-10,13H,4-5,8,11,15H2,1-3H3. The first-order valence-corrected chi connectivity index (χ1v) is 6.26. The molecule has 0 aliphatic heterocycles. The number of hydrogen-bond donors (Lipinski definition) is 1. The minimum atomic E-state index is 0.469. The molecule has 2 N–H and O–H groups in total. The summed E-state index contributed by atoms with van der Waals surface area (Å²) in [4.78, 5) is 2.43. The Hall–Kier alpha value is -1.02. The van der Waals surface area contributed by atoms with E-state index in [2.05, 4.69) is 49.9 Å². The number of anilines is 1. The molecule has 0 aliphatic rings. The van der Waals surface area contributed by atoms with E-state index < -0.39 is 0 Å². The SMILES string of the molecule is CCCC(CN)N(CC)c1ccccc1C. The molecule has 0 radical (unpaired) electrons. The fourth-order valence-corrected chi connectivity index (χ4v) is 2.25. The van der Waals surface area contributed by atoms with Gasteiger partial charge in [-0.1, -0.05) is 31.5 Å². The van der Waals surface area contributed by atoms with E-state index in [4.69, 9.17) is 5.73 Å². The highest BCUT2D eigenvalue weighted by Crippen LogP contribution is 2.22. The third kappa shape index (κ3) is 2.99. The van der Waals surface area contributed by atoms with Crippen molar-refractivity contribution in [1.82, 2.24) is 0 Å². The molecule has 1 aromatic carbocycles. The van der Waals surface area contributed by atoms with Crippen LogP contribution in [-0.4, -0.2) is 19.1 Å². The van der Waals surface area contributed by atoms with Gasteiger partial charge in [0.15, 0.2) is 0 Å². The van der Waals surface area contributed by atoms with Crippen molar-refractivity contribution in [2.24, 2.45) is 5.73 Å². The van der Waals surface area contributed by atoms with Gasteiger partial charge in [-0.2, -0.15) is 0 Å². The molecule has 1 atom stereocenters. The van der Waals surface area contributed by atoms with Crippen molar-refractivity contribution in [3.05, 3.63) is 29.8 Å². The largest absolute Gasteiger partial charge is 0.367 e. The second-order valence-electron chi connectivity index (χ2n) is 4.25. The lowest BCUT2D eigenvalue weighted by Crippen LogP contribution is -2.41. The summed E-state index contributed by atoms with van der Waals surface area (Å²) in [6.45, 7) is 8.33. The summed E-state index contributed by atoms with van der Waals surface area (Å²) in [5.74, 6) is 0. The molecule has 0 bridgehead atoms. The molecule has 2 nitrogen and oxygen atoms in total. The third-order valence-corrected chi connectivity index (χ3v) is 3.10. The summed E-state index contributed by atoms with van der Waals surface area (Å²) in [6, 6.07) is 9.01. The van der Waals surface area contributed by atoms with Crippen molar-refractivity contribution in [2.75, 3.05) is 18.0 Å². The first-order valence-electron chi connectivity index (χ1n) is 6.26. The van der Waals surface area contributed by atoms with Gasteiger partial charge < -0.3 is 10.6 Å². The Morgan fingerprint density at radius 3 is 2.44 bits per heavy atom. The molecule has 1 unspecified atom stereocenters. The smallest absolute Gasteiger partial charge is 0.0412 e. The van der Waals surface area contributed by atoms with Crippen molar-refractivity contribution in [2.45, 2.75) is 39.7 Å². The van der Waals surface area contributed by atoms with E-state index in [1.54, 1.807) is 0 Å². The molecule has 2 heteroatoms. The molecule has 0 heterocycles. The van der Waals surface area contributed by atoms with Crippen molar-refractivity contribution in [1.29, 1.82) is 0 Å². The van der Waals surface area contributed by atoms with Crippen LogP contribution in [0, 0.1) is 6.92 Å². The predicted molar refractivity (Wildman–Crippen MR) is 71.9 cm³/mol. The lowest BCUT2D eigenvalue weighted by molar-refractivity contribution is 0.557. The molecule has 16 heavy (non-hydrogen) atoms. The van der Waals surface area contributed by atoms with E-state index in [9.17, 15) is 0 Å².